The number of aromatic nitrogens is 2. The van der Waals surface area contributed by atoms with Crippen molar-refractivity contribution in [3.05, 3.63) is 16.8 Å². The molecular weight excluding hydrogens is 370 g/mol. The van der Waals surface area contributed by atoms with Crippen LogP contribution in [0.1, 0.15) is 30.2 Å². The van der Waals surface area contributed by atoms with Gasteiger partial charge in [0.15, 0.2) is 0 Å². The first-order valence-electron chi connectivity index (χ1n) is 8.79. The molecule has 1 aliphatic heterocycles. The Kier molecular flexibility index (Phi) is 6.13. The number of thiophene rings is 1. The molecule has 3 rings (SSSR count). The van der Waals surface area contributed by atoms with Crippen molar-refractivity contribution in [3.8, 4) is 0 Å². The van der Waals surface area contributed by atoms with Gasteiger partial charge in [-0.25, -0.2) is 9.97 Å². The largest absolute Gasteiger partial charge is 0.466 e. The van der Waals surface area contributed by atoms with Crippen LogP contribution in [0.4, 0.5) is 0 Å². The van der Waals surface area contributed by atoms with E-state index in [0.717, 1.165) is 28.1 Å². The van der Waals surface area contributed by atoms with E-state index >= 15 is 0 Å². The van der Waals surface area contributed by atoms with Gasteiger partial charge in [0.2, 0.25) is 5.91 Å². The zero-order chi connectivity index (χ0) is 18.7. The summed E-state index contributed by atoms with van der Waals surface area (Å²) >= 11 is 3.10. The summed E-state index contributed by atoms with van der Waals surface area (Å²) in [5.41, 5.74) is 1.18. The Morgan fingerprint density at radius 2 is 2.19 bits per heavy atom. The SMILES string of the molecule is CCOC(=O)[C@@H]1CCCN(C(=O)CSc2ncnc3sc(C)c(C)c23)C1. The van der Waals surface area contributed by atoms with E-state index in [-0.39, 0.29) is 17.8 Å². The van der Waals surface area contributed by atoms with Crippen LogP contribution in [0, 0.1) is 19.8 Å². The number of rotatable bonds is 5. The third-order valence-corrected chi connectivity index (χ3v) is 6.75. The van der Waals surface area contributed by atoms with Gasteiger partial charge in [0, 0.05) is 23.4 Å². The molecule has 8 heteroatoms. The summed E-state index contributed by atoms with van der Waals surface area (Å²) in [4.78, 5) is 37.3. The number of aryl methyl sites for hydroxylation is 2. The van der Waals surface area contributed by atoms with Gasteiger partial charge in [-0.1, -0.05) is 11.8 Å². The highest BCUT2D eigenvalue weighted by molar-refractivity contribution is 8.00. The standard InChI is InChI=1S/C18H23N3O3S2/c1-4-24-18(23)13-6-5-7-21(8-13)14(22)9-25-16-15-11(2)12(3)26-17(15)20-10-19-16/h10,13H,4-9H2,1-3H3/t13-/m1/s1. The maximum atomic E-state index is 12.6. The average Bonchev–Trinajstić information content (AvgIpc) is 2.94. The van der Waals surface area contributed by atoms with Crippen molar-refractivity contribution in [2.24, 2.45) is 5.92 Å². The van der Waals surface area contributed by atoms with Gasteiger partial charge >= 0.3 is 5.97 Å². The highest BCUT2D eigenvalue weighted by Gasteiger charge is 2.29. The van der Waals surface area contributed by atoms with Crippen LogP contribution in [0.5, 0.6) is 0 Å². The van der Waals surface area contributed by atoms with Crippen LogP contribution in [0.3, 0.4) is 0 Å². The first kappa shape index (κ1) is 19.1. The number of piperidine rings is 1. The van der Waals surface area contributed by atoms with Crippen molar-refractivity contribution in [2.75, 3.05) is 25.4 Å². The second-order valence-corrected chi connectivity index (χ2v) is 8.53. The minimum Gasteiger partial charge on any atom is -0.466 e. The Hall–Kier alpha value is -1.67. The Bertz CT molecular complexity index is 821. The molecule has 0 spiro atoms. The van der Waals surface area contributed by atoms with Gasteiger partial charge in [-0.2, -0.15) is 0 Å². The highest BCUT2D eigenvalue weighted by Crippen LogP contribution is 2.34. The number of ether oxygens (including phenoxy) is 1. The summed E-state index contributed by atoms with van der Waals surface area (Å²) < 4.78 is 5.10. The fourth-order valence-electron chi connectivity index (χ4n) is 3.14. The van der Waals surface area contributed by atoms with Crippen LogP contribution < -0.4 is 0 Å². The van der Waals surface area contributed by atoms with Gasteiger partial charge in [0.05, 0.1) is 18.3 Å². The number of esters is 1. The zero-order valence-electron chi connectivity index (χ0n) is 15.3. The molecule has 0 aliphatic carbocycles. The van der Waals surface area contributed by atoms with Gasteiger partial charge < -0.3 is 9.64 Å². The van der Waals surface area contributed by atoms with E-state index in [1.165, 1.54) is 22.2 Å². The van der Waals surface area contributed by atoms with Crippen LogP contribution in [-0.2, 0) is 14.3 Å². The number of carbonyl (C=O) groups excluding carboxylic acids is 2. The second-order valence-electron chi connectivity index (χ2n) is 6.36. The third kappa shape index (κ3) is 4.01. The third-order valence-electron chi connectivity index (χ3n) is 4.66. The Labute approximate surface area is 161 Å². The lowest BCUT2D eigenvalue weighted by Crippen LogP contribution is -2.43. The van der Waals surface area contributed by atoms with Gasteiger partial charge in [-0.15, -0.1) is 11.3 Å². The van der Waals surface area contributed by atoms with Crippen molar-refractivity contribution in [3.63, 3.8) is 0 Å². The molecule has 140 valence electrons. The van der Waals surface area contributed by atoms with Crippen molar-refractivity contribution in [1.29, 1.82) is 0 Å². The molecular formula is C18H23N3O3S2. The van der Waals surface area contributed by atoms with E-state index in [2.05, 4.69) is 23.8 Å². The molecule has 1 aliphatic rings. The number of fused-ring (bicyclic) bond motifs is 1. The molecule has 26 heavy (non-hydrogen) atoms. The predicted octanol–water partition coefficient (Wildman–Crippen LogP) is 3.20. The van der Waals surface area contributed by atoms with Crippen LogP contribution in [0.15, 0.2) is 11.4 Å². The van der Waals surface area contributed by atoms with E-state index in [1.54, 1.807) is 29.5 Å². The fourth-order valence-corrected chi connectivity index (χ4v) is 5.16. The van der Waals surface area contributed by atoms with Crippen molar-refractivity contribution in [2.45, 2.75) is 38.6 Å². The Morgan fingerprint density at radius 3 is 2.96 bits per heavy atom. The summed E-state index contributed by atoms with van der Waals surface area (Å²) in [6.45, 7) is 7.47. The molecule has 6 nitrogen and oxygen atoms in total. The zero-order valence-corrected chi connectivity index (χ0v) is 16.9. The summed E-state index contributed by atoms with van der Waals surface area (Å²) in [7, 11) is 0. The number of thioether (sulfide) groups is 1. The van der Waals surface area contributed by atoms with E-state index < -0.39 is 0 Å². The molecule has 1 saturated heterocycles. The monoisotopic (exact) mass is 393 g/mol. The molecule has 0 aromatic carbocycles. The lowest BCUT2D eigenvalue weighted by molar-refractivity contribution is -0.151. The number of hydrogen-bond acceptors (Lipinski definition) is 7. The first-order chi connectivity index (χ1) is 12.5. The minimum absolute atomic E-state index is 0.0420. The molecule has 0 radical (unpaired) electrons. The van der Waals surface area contributed by atoms with Crippen molar-refractivity contribution in [1.82, 2.24) is 14.9 Å². The Morgan fingerprint density at radius 1 is 1.38 bits per heavy atom. The molecule has 2 aromatic rings. The lowest BCUT2D eigenvalue weighted by Gasteiger charge is -2.31. The maximum Gasteiger partial charge on any atom is 0.310 e. The first-order valence-corrected chi connectivity index (χ1v) is 10.6. The van der Waals surface area contributed by atoms with E-state index in [4.69, 9.17) is 4.74 Å². The number of carbonyl (C=O) groups is 2. The normalized spacial score (nSPS) is 17.5. The topological polar surface area (TPSA) is 72.4 Å². The van der Waals surface area contributed by atoms with Gasteiger partial charge in [0.1, 0.15) is 16.2 Å². The summed E-state index contributed by atoms with van der Waals surface area (Å²) in [5.74, 6) is -0.0409. The second kappa shape index (κ2) is 8.35. The van der Waals surface area contributed by atoms with Crippen LogP contribution in [0.25, 0.3) is 10.2 Å². The van der Waals surface area contributed by atoms with Crippen LogP contribution in [0.2, 0.25) is 0 Å². The van der Waals surface area contributed by atoms with Gasteiger partial charge in [0.25, 0.3) is 0 Å². The summed E-state index contributed by atoms with van der Waals surface area (Å²) in [6, 6.07) is 0. The average molecular weight is 394 g/mol. The lowest BCUT2D eigenvalue weighted by atomic mass is 9.98. The molecule has 0 N–H and O–H groups in total. The molecule has 3 heterocycles. The predicted molar refractivity (Wildman–Crippen MR) is 104 cm³/mol. The van der Waals surface area contributed by atoms with E-state index in [0.29, 0.717) is 25.4 Å². The summed E-state index contributed by atoms with van der Waals surface area (Å²) in [6.07, 6.45) is 3.18. The quantitative estimate of drug-likeness (QED) is 0.441. The minimum atomic E-state index is -0.204. The molecule has 2 aromatic heterocycles. The molecule has 1 fully saturated rings. The smallest absolute Gasteiger partial charge is 0.310 e. The van der Waals surface area contributed by atoms with E-state index in [1.807, 2.05) is 0 Å². The molecule has 1 amide bonds. The number of nitrogens with zero attached hydrogens (tertiary/aromatic N) is 3. The van der Waals surface area contributed by atoms with E-state index in [9.17, 15) is 9.59 Å². The van der Waals surface area contributed by atoms with Crippen molar-refractivity contribution >= 4 is 45.2 Å². The molecule has 0 unspecified atom stereocenters. The van der Waals surface area contributed by atoms with Gasteiger partial charge in [-0.05, 0) is 39.2 Å². The van der Waals surface area contributed by atoms with Crippen molar-refractivity contribution < 1.29 is 14.3 Å². The molecule has 0 saturated carbocycles. The number of hydrogen-bond donors (Lipinski definition) is 0. The molecule has 1 atom stereocenters. The summed E-state index contributed by atoms with van der Waals surface area (Å²) in [5, 5.41) is 1.90. The number of amides is 1. The van der Waals surface area contributed by atoms with Crippen LogP contribution >= 0.6 is 23.1 Å². The number of likely N-dealkylation sites (tertiary alicyclic amines) is 1. The van der Waals surface area contributed by atoms with Crippen LogP contribution in [-0.4, -0.2) is 52.2 Å². The maximum absolute atomic E-state index is 12.6. The Balaban J connectivity index is 1.65. The molecule has 0 bridgehead atoms. The fraction of sp³-hybridized carbons (Fsp3) is 0.556. The highest BCUT2D eigenvalue weighted by atomic mass is 32.2. The van der Waals surface area contributed by atoms with Gasteiger partial charge in [-0.3, -0.25) is 9.59 Å².